The molecule has 0 saturated heterocycles. The van der Waals surface area contributed by atoms with Crippen LogP contribution in [0.1, 0.15) is 27.7 Å². The number of aliphatic hydroxyl groups is 2. The van der Waals surface area contributed by atoms with Crippen LogP contribution in [-0.2, 0) is 4.74 Å². The quantitative estimate of drug-likeness (QED) is 0.546. The predicted molar refractivity (Wildman–Crippen MR) is 65.4 cm³/mol. The molecule has 0 amide bonds. The van der Waals surface area contributed by atoms with Crippen LogP contribution in [0.5, 0.6) is 0 Å². The zero-order valence-electron chi connectivity index (χ0n) is 10.9. The third-order valence-electron chi connectivity index (χ3n) is 2.26. The van der Waals surface area contributed by atoms with E-state index in [-0.39, 0.29) is 12.0 Å². The number of ether oxygens (including phenoxy) is 1. The second kappa shape index (κ2) is 8.93. The van der Waals surface area contributed by atoms with Crippen molar-refractivity contribution in [2.45, 2.75) is 39.9 Å². The van der Waals surface area contributed by atoms with Crippen LogP contribution in [0, 0.1) is 11.8 Å². The zero-order valence-corrected chi connectivity index (χ0v) is 10.9. The summed E-state index contributed by atoms with van der Waals surface area (Å²) in [5.41, 5.74) is 0. The Morgan fingerprint density at radius 1 is 1.00 bits per heavy atom. The van der Waals surface area contributed by atoms with Gasteiger partial charge in [-0.1, -0.05) is 27.7 Å². The Kier molecular flexibility index (Phi) is 8.84. The van der Waals surface area contributed by atoms with Crippen LogP contribution >= 0.6 is 0 Å². The van der Waals surface area contributed by atoms with Gasteiger partial charge in [0.05, 0.1) is 18.8 Å². The van der Waals surface area contributed by atoms with Gasteiger partial charge in [-0.15, -0.1) is 0 Å². The minimum atomic E-state index is -0.502. The highest BCUT2D eigenvalue weighted by Crippen LogP contribution is 1.99. The Bertz CT molecular complexity index is 162. The van der Waals surface area contributed by atoms with Gasteiger partial charge in [0.15, 0.2) is 0 Å². The maximum Gasteiger partial charge on any atom is 0.0897 e. The highest BCUT2D eigenvalue weighted by atomic mass is 16.5. The highest BCUT2D eigenvalue weighted by Gasteiger charge is 2.10. The van der Waals surface area contributed by atoms with E-state index < -0.39 is 6.10 Å². The molecule has 0 aromatic rings. The lowest BCUT2D eigenvalue weighted by atomic mass is 10.1. The molecule has 0 heterocycles. The van der Waals surface area contributed by atoms with E-state index in [2.05, 4.69) is 19.2 Å². The van der Waals surface area contributed by atoms with E-state index in [0.717, 1.165) is 0 Å². The van der Waals surface area contributed by atoms with E-state index in [1.165, 1.54) is 0 Å². The molecule has 0 aliphatic heterocycles. The normalized spacial score (nSPS) is 15.8. The van der Waals surface area contributed by atoms with Crippen LogP contribution in [0.2, 0.25) is 0 Å². The van der Waals surface area contributed by atoms with Crippen LogP contribution in [0.25, 0.3) is 0 Å². The molecule has 2 unspecified atom stereocenters. The summed E-state index contributed by atoms with van der Waals surface area (Å²) >= 11 is 0. The number of hydrogen-bond donors (Lipinski definition) is 3. The van der Waals surface area contributed by atoms with Crippen molar-refractivity contribution in [1.82, 2.24) is 5.32 Å². The van der Waals surface area contributed by atoms with Gasteiger partial charge in [-0.2, -0.15) is 0 Å². The lowest BCUT2D eigenvalue weighted by Gasteiger charge is -2.17. The molecule has 0 spiro atoms. The van der Waals surface area contributed by atoms with Gasteiger partial charge in [0, 0.05) is 19.7 Å². The number of rotatable bonds is 9. The summed E-state index contributed by atoms with van der Waals surface area (Å²) in [6.45, 7) is 10.1. The molecule has 0 fully saturated rings. The minimum Gasteiger partial charge on any atom is -0.392 e. The van der Waals surface area contributed by atoms with Gasteiger partial charge < -0.3 is 20.3 Å². The predicted octanol–water partition coefficient (Wildman–Crippen LogP) is 0.626. The first kappa shape index (κ1) is 15.8. The van der Waals surface area contributed by atoms with Crippen molar-refractivity contribution in [3.8, 4) is 0 Å². The van der Waals surface area contributed by atoms with Gasteiger partial charge in [-0.25, -0.2) is 0 Å². The third-order valence-corrected chi connectivity index (χ3v) is 2.26. The van der Waals surface area contributed by atoms with Crippen LogP contribution in [0.3, 0.4) is 0 Å². The molecule has 0 bridgehead atoms. The second-order valence-electron chi connectivity index (χ2n) is 5.05. The fraction of sp³-hybridized carbons (Fsp3) is 1.00. The van der Waals surface area contributed by atoms with E-state index in [9.17, 15) is 10.2 Å². The number of aliphatic hydroxyl groups excluding tert-OH is 2. The van der Waals surface area contributed by atoms with E-state index in [1.807, 2.05) is 13.8 Å². The molecule has 4 nitrogen and oxygen atoms in total. The number of nitrogens with one attached hydrogen (secondary N) is 1. The molecule has 16 heavy (non-hydrogen) atoms. The standard InChI is InChI=1S/C12H27NO3/c1-9(2)7-16-8-11(14)5-13-6-12(15)10(3)4/h9-15H,5-8H2,1-4H3. The molecule has 0 saturated carbocycles. The third kappa shape index (κ3) is 9.09. The Morgan fingerprint density at radius 3 is 2.12 bits per heavy atom. The van der Waals surface area contributed by atoms with Crippen molar-refractivity contribution in [2.75, 3.05) is 26.3 Å². The second-order valence-corrected chi connectivity index (χ2v) is 5.05. The molecule has 0 aromatic carbocycles. The van der Waals surface area contributed by atoms with Crippen molar-refractivity contribution in [2.24, 2.45) is 11.8 Å². The smallest absolute Gasteiger partial charge is 0.0897 e. The summed E-state index contributed by atoms with van der Waals surface area (Å²) < 4.78 is 5.31. The molecule has 2 atom stereocenters. The molecule has 0 radical (unpaired) electrons. The van der Waals surface area contributed by atoms with Crippen LogP contribution < -0.4 is 5.32 Å². The average molecular weight is 233 g/mol. The first-order chi connectivity index (χ1) is 7.43. The fourth-order valence-corrected chi connectivity index (χ4v) is 1.13. The van der Waals surface area contributed by atoms with Gasteiger partial charge in [-0.05, 0) is 11.8 Å². The first-order valence-electron chi connectivity index (χ1n) is 6.08. The van der Waals surface area contributed by atoms with Crippen LogP contribution in [0.4, 0.5) is 0 Å². The summed E-state index contributed by atoms with van der Waals surface area (Å²) in [5.74, 6) is 0.727. The largest absolute Gasteiger partial charge is 0.392 e. The van der Waals surface area contributed by atoms with Crippen molar-refractivity contribution < 1.29 is 14.9 Å². The fourth-order valence-electron chi connectivity index (χ4n) is 1.13. The lowest BCUT2D eigenvalue weighted by molar-refractivity contribution is 0.0239. The summed E-state index contributed by atoms with van der Waals surface area (Å²) in [6.07, 6.45) is -0.859. The average Bonchev–Trinajstić information content (AvgIpc) is 2.16. The van der Waals surface area contributed by atoms with Gasteiger partial charge in [0.1, 0.15) is 0 Å². The zero-order chi connectivity index (χ0) is 12.6. The van der Waals surface area contributed by atoms with E-state index >= 15 is 0 Å². The maximum atomic E-state index is 9.54. The highest BCUT2D eigenvalue weighted by molar-refractivity contribution is 4.65. The summed E-state index contributed by atoms with van der Waals surface area (Å²) in [6, 6.07) is 0. The number of hydrogen-bond acceptors (Lipinski definition) is 4. The van der Waals surface area contributed by atoms with E-state index in [4.69, 9.17) is 4.74 Å². The Hall–Kier alpha value is -0.160. The summed E-state index contributed by atoms with van der Waals surface area (Å²) in [5, 5.41) is 22.1. The molecule has 3 N–H and O–H groups in total. The SMILES string of the molecule is CC(C)COCC(O)CNCC(O)C(C)C. The van der Waals surface area contributed by atoms with Crippen molar-refractivity contribution in [1.29, 1.82) is 0 Å². The molecule has 0 aliphatic carbocycles. The first-order valence-corrected chi connectivity index (χ1v) is 6.08. The molecule has 0 aliphatic rings. The van der Waals surface area contributed by atoms with E-state index in [1.54, 1.807) is 0 Å². The minimum absolute atomic E-state index is 0.238. The summed E-state index contributed by atoms with van der Waals surface area (Å²) in [4.78, 5) is 0. The molecular weight excluding hydrogens is 206 g/mol. The van der Waals surface area contributed by atoms with Crippen LogP contribution in [-0.4, -0.2) is 48.7 Å². The van der Waals surface area contributed by atoms with Crippen LogP contribution in [0.15, 0.2) is 0 Å². The van der Waals surface area contributed by atoms with Crippen molar-refractivity contribution >= 4 is 0 Å². The van der Waals surface area contributed by atoms with Crippen molar-refractivity contribution in [3.63, 3.8) is 0 Å². The maximum absolute atomic E-state index is 9.54. The summed E-state index contributed by atoms with van der Waals surface area (Å²) in [7, 11) is 0. The van der Waals surface area contributed by atoms with Gasteiger partial charge >= 0.3 is 0 Å². The van der Waals surface area contributed by atoms with E-state index in [0.29, 0.717) is 32.2 Å². The Balaban J connectivity index is 3.40. The molecular formula is C12H27NO3. The Labute approximate surface area is 99.0 Å². The lowest BCUT2D eigenvalue weighted by Crippen LogP contribution is -2.37. The Morgan fingerprint density at radius 2 is 1.62 bits per heavy atom. The monoisotopic (exact) mass is 233 g/mol. The van der Waals surface area contributed by atoms with Gasteiger partial charge in [0.25, 0.3) is 0 Å². The molecule has 0 aromatic heterocycles. The molecule has 0 rings (SSSR count). The van der Waals surface area contributed by atoms with Gasteiger partial charge in [-0.3, -0.25) is 0 Å². The topological polar surface area (TPSA) is 61.7 Å². The van der Waals surface area contributed by atoms with Crippen molar-refractivity contribution in [3.05, 3.63) is 0 Å². The van der Waals surface area contributed by atoms with Gasteiger partial charge in [0.2, 0.25) is 0 Å². The molecule has 98 valence electrons. The molecule has 4 heteroatoms.